The van der Waals surface area contributed by atoms with Crippen molar-refractivity contribution in [2.24, 2.45) is 0 Å². The molecule has 0 aliphatic carbocycles. The predicted molar refractivity (Wildman–Crippen MR) is 134 cm³/mol. The van der Waals surface area contributed by atoms with Crippen LogP contribution in [0.15, 0.2) is 24.3 Å². The zero-order valence-corrected chi connectivity index (χ0v) is 20.9. The lowest BCUT2D eigenvalue weighted by atomic mass is 9.97. The number of fused-ring (bicyclic) bond motifs is 2. The zero-order valence-electron chi connectivity index (χ0n) is 20.2. The fourth-order valence-electron chi connectivity index (χ4n) is 5.92. The Morgan fingerprint density at radius 1 is 1.20 bits per heavy atom. The fourth-order valence-corrected chi connectivity index (χ4v) is 6.21. The maximum absolute atomic E-state index is 14.9. The van der Waals surface area contributed by atoms with E-state index in [1.165, 1.54) is 12.5 Å². The monoisotopic (exact) mass is 499 g/mol. The minimum absolute atomic E-state index is 0.0927. The zero-order chi connectivity index (χ0) is 24.3. The van der Waals surface area contributed by atoms with Gasteiger partial charge in [-0.25, -0.2) is 9.37 Å². The van der Waals surface area contributed by atoms with Gasteiger partial charge in [0.2, 0.25) is 0 Å². The van der Waals surface area contributed by atoms with Crippen molar-refractivity contribution in [1.29, 1.82) is 0 Å². The molecule has 35 heavy (non-hydrogen) atoms. The first-order valence-electron chi connectivity index (χ1n) is 12.5. The van der Waals surface area contributed by atoms with Gasteiger partial charge in [-0.3, -0.25) is 9.69 Å². The Labute approximate surface area is 210 Å². The van der Waals surface area contributed by atoms with Crippen molar-refractivity contribution in [3.8, 4) is 17.0 Å². The van der Waals surface area contributed by atoms with Crippen LogP contribution in [0.2, 0.25) is 5.02 Å². The second-order valence-electron chi connectivity index (χ2n) is 10.6. The van der Waals surface area contributed by atoms with Crippen LogP contribution in [0.4, 0.5) is 10.2 Å². The summed E-state index contributed by atoms with van der Waals surface area (Å²) in [6, 6.07) is 6.77. The van der Waals surface area contributed by atoms with E-state index in [2.05, 4.69) is 29.0 Å². The summed E-state index contributed by atoms with van der Waals surface area (Å²) < 4.78 is 21.2. The Hall–Kier alpha value is -2.42. The molecule has 186 valence electrons. The minimum atomic E-state index is -0.409. The average Bonchev–Trinajstić information content (AvgIpc) is 3.02. The molecule has 0 spiro atoms. The van der Waals surface area contributed by atoms with Crippen LogP contribution in [0.25, 0.3) is 11.3 Å². The lowest BCUT2D eigenvalue weighted by Crippen LogP contribution is -2.55. The van der Waals surface area contributed by atoms with Crippen molar-refractivity contribution in [3.63, 3.8) is 0 Å². The van der Waals surface area contributed by atoms with Crippen LogP contribution in [0.5, 0.6) is 5.75 Å². The molecule has 9 heteroatoms. The molecule has 6 rings (SSSR count). The molecule has 1 N–H and O–H groups in total. The number of nitrogens with one attached hydrogen (secondary N) is 1. The summed E-state index contributed by atoms with van der Waals surface area (Å²) >= 11 is 6.86. The van der Waals surface area contributed by atoms with Gasteiger partial charge in [-0.15, -0.1) is 0 Å². The number of hydrogen-bond donors (Lipinski definition) is 1. The molecule has 2 atom stereocenters. The summed E-state index contributed by atoms with van der Waals surface area (Å²) in [5.74, 6) is 0.336. The number of ether oxygens (including phenoxy) is 1. The number of benzene rings is 1. The molecule has 3 saturated heterocycles. The summed E-state index contributed by atoms with van der Waals surface area (Å²) in [4.78, 5) is 25.6. The molecule has 3 fully saturated rings. The number of hydrogen-bond acceptors (Lipinski definition) is 6. The highest BCUT2D eigenvalue weighted by Crippen LogP contribution is 2.47. The number of carbonyl (C=O) groups excluding carboxylic acids is 1. The maximum Gasteiger partial charge on any atom is 0.261 e. The van der Waals surface area contributed by atoms with Crippen molar-refractivity contribution < 1.29 is 13.9 Å². The number of carbonyl (C=O) groups is 1. The maximum atomic E-state index is 14.9. The number of likely N-dealkylation sites (tertiary alicyclic amines) is 1. The lowest BCUT2D eigenvalue weighted by molar-refractivity contribution is 0.0606. The molecule has 5 heterocycles. The largest absolute Gasteiger partial charge is 0.489 e. The first-order valence-corrected chi connectivity index (χ1v) is 12.9. The number of anilines is 1. The van der Waals surface area contributed by atoms with Crippen LogP contribution in [-0.2, 0) is 0 Å². The molecule has 1 aromatic carbocycles. The molecule has 0 radical (unpaired) electrons. The molecule has 2 aromatic rings. The van der Waals surface area contributed by atoms with Crippen molar-refractivity contribution in [1.82, 2.24) is 20.1 Å². The molecule has 0 bridgehead atoms. The number of piperazine rings is 1. The van der Waals surface area contributed by atoms with Crippen molar-refractivity contribution in [2.75, 3.05) is 50.8 Å². The van der Waals surface area contributed by atoms with Gasteiger partial charge < -0.3 is 19.9 Å². The lowest BCUT2D eigenvalue weighted by Gasteiger charge is -2.36. The molecule has 1 aromatic heterocycles. The van der Waals surface area contributed by atoms with E-state index in [4.69, 9.17) is 21.3 Å². The third-order valence-corrected chi connectivity index (χ3v) is 8.32. The van der Waals surface area contributed by atoms with E-state index in [-0.39, 0.29) is 22.5 Å². The normalized spacial score (nSPS) is 26.0. The number of amides is 1. The second-order valence-corrected chi connectivity index (χ2v) is 11.0. The third-order valence-electron chi connectivity index (χ3n) is 7.97. The van der Waals surface area contributed by atoms with Crippen molar-refractivity contribution in [3.05, 3.63) is 40.7 Å². The Bertz CT molecular complexity index is 1170. The Balaban J connectivity index is 1.54. The fraction of sp³-hybridized carbons (Fsp3) is 0.538. The molecular formula is C26H31ClFN5O2. The van der Waals surface area contributed by atoms with E-state index in [0.29, 0.717) is 54.1 Å². The van der Waals surface area contributed by atoms with Crippen molar-refractivity contribution >= 4 is 23.3 Å². The van der Waals surface area contributed by atoms with E-state index in [1.54, 1.807) is 18.2 Å². The van der Waals surface area contributed by atoms with E-state index in [1.807, 2.05) is 4.90 Å². The van der Waals surface area contributed by atoms with Gasteiger partial charge in [0, 0.05) is 43.3 Å². The molecule has 0 saturated carbocycles. The number of nitrogens with zero attached hydrogens (tertiary/aromatic N) is 4. The van der Waals surface area contributed by atoms with Crippen LogP contribution in [0.3, 0.4) is 0 Å². The van der Waals surface area contributed by atoms with Gasteiger partial charge in [0.25, 0.3) is 5.91 Å². The van der Waals surface area contributed by atoms with E-state index in [0.717, 1.165) is 32.6 Å². The minimum Gasteiger partial charge on any atom is -0.489 e. The molecule has 4 aliphatic rings. The highest BCUT2D eigenvalue weighted by Gasteiger charge is 2.46. The topological polar surface area (TPSA) is 60.9 Å². The van der Waals surface area contributed by atoms with Gasteiger partial charge >= 0.3 is 0 Å². The van der Waals surface area contributed by atoms with Crippen LogP contribution in [-0.4, -0.2) is 84.2 Å². The third kappa shape index (κ3) is 3.77. The van der Waals surface area contributed by atoms with Gasteiger partial charge in [0.15, 0.2) is 5.75 Å². The van der Waals surface area contributed by atoms with Crippen molar-refractivity contribution in [2.45, 2.75) is 44.3 Å². The standard InChI is InChI=1S/C26H31ClFN5O2/c1-26(2)12-16(31-9-5-10-31)14-33(26)24-20-23(35-15-17-13-29-8-11-32(17)25(20)34)21(27)22(30-24)18-6-3-4-7-19(18)28/h3-4,6-7,16-17,29H,5,8-15H2,1-2H3/t16?,17-/m1/s1. The van der Waals surface area contributed by atoms with E-state index >= 15 is 0 Å². The molecule has 1 amide bonds. The van der Waals surface area contributed by atoms with E-state index in [9.17, 15) is 9.18 Å². The predicted octanol–water partition coefficient (Wildman–Crippen LogP) is 3.41. The Morgan fingerprint density at radius 3 is 2.74 bits per heavy atom. The number of aromatic nitrogens is 1. The van der Waals surface area contributed by atoms with Gasteiger partial charge in [0.1, 0.15) is 28.8 Å². The molecule has 1 unspecified atom stereocenters. The van der Waals surface area contributed by atoms with E-state index < -0.39 is 5.82 Å². The number of rotatable bonds is 3. The molecular weight excluding hydrogens is 469 g/mol. The van der Waals surface area contributed by atoms with Crippen LogP contribution < -0.4 is 15.0 Å². The Morgan fingerprint density at radius 2 is 2.00 bits per heavy atom. The highest BCUT2D eigenvalue weighted by molar-refractivity contribution is 6.35. The highest BCUT2D eigenvalue weighted by atomic mass is 35.5. The van der Waals surface area contributed by atoms with Gasteiger partial charge in [-0.05, 0) is 51.9 Å². The molecule has 7 nitrogen and oxygen atoms in total. The second kappa shape index (κ2) is 8.61. The quantitative estimate of drug-likeness (QED) is 0.698. The van der Waals surface area contributed by atoms with Crippen LogP contribution >= 0.6 is 11.6 Å². The smallest absolute Gasteiger partial charge is 0.261 e. The summed E-state index contributed by atoms with van der Waals surface area (Å²) in [6.07, 6.45) is 2.19. The van der Waals surface area contributed by atoms with Gasteiger partial charge in [-0.2, -0.15) is 0 Å². The number of halogens is 2. The van der Waals surface area contributed by atoms with Crippen LogP contribution in [0, 0.1) is 5.82 Å². The average molecular weight is 500 g/mol. The first kappa shape index (κ1) is 23.0. The summed E-state index contributed by atoms with van der Waals surface area (Å²) in [5.41, 5.74) is 0.776. The first-order chi connectivity index (χ1) is 16.8. The van der Waals surface area contributed by atoms with Gasteiger partial charge in [-0.1, -0.05) is 23.7 Å². The summed E-state index contributed by atoms with van der Waals surface area (Å²) in [6.45, 7) is 9.64. The number of pyridine rings is 1. The SMILES string of the molecule is CC1(C)CC(N2CCC2)CN1c1nc(-c2ccccc2F)c(Cl)c2c1C(=O)N1CCNC[C@@H]1CO2. The van der Waals surface area contributed by atoms with Crippen LogP contribution in [0.1, 0.15) is 37.0 Å². The summed E-state index contributed by atoms with van der Waals surface area (Å²) in [7, 11) is 0. The summed E-state index contributed by atoms with van der Waals surface area (Å²) in [5, 5.41) is 3.53. The van der Waals surface area contributed by atoms with Gasteiger partial charge in [0.05, 0.1) is 11.7 Å². The Kier molecular flexibility index (Phi) is 5.66. The molecule has 4 aliphatic heterocycles.